The van der Waals surface area contributed by atoms with Gasteiger partial charge in [0.25, 0.3) is 0 Å². The second-order valence-electron chi connectivity index (χ2n) is 4.74. The van der Waals surface area contributed by atoms with E-state index >= 15 is 0 Å². The van der Waals surface area contributed by atoms with Crippen LogP contribution in [-0.4, -0.2) is 14.5 Å². The van der Waals surface area contributed by atoms with E-state index in [2.05, 4.69) is 40.6 Å². The number of aromatic nitrogens is 3. The quantitative estimate of drug-likeness (QED) is 0.879. The summed E-state index contributed by atoms with van der Waals surface area (Å²) in [5.41, 5.74) is 2.26. The minimum atomic E-state index is 0.238. The molecular weight excluding hydrogens is 224 g/mol. The van der Waals surface area contributed by atoms with Gasteiger partial charge in [-0.05, 0) is 32.9 Å². The number of imidazole rings is 1. The second kappa shape index (κ2) is 5.78. The highest BCUT2D eigenvalue weighted by molar-refractivity contribution is 5.08. The fourth-order valence-electron chi connectivity index (χ4n) is 1.93. The van der Waals surface area contributed by atoms with Gasteiger partial charge in [0.15, 0.2) is 0 Å². The number of rotatable bonds is 5. The van der Waals surface area contributed by atoms with Crippen molar-refractivity contribution < 1.29 is 0 Å². The van der Waals surface area contributed by atoms with Crippen LogP contribution in [0.3, 0.4) is 0 Å². The van der Waals surface area contributed by atoms with E-state index in [1.165, 1.54) is 5.69 Å². The molecule has 4 nitrogen and oxygen atoms in total. The summed E-state index contributed by atoms with van der Waals surface area (Å²) in [6, 6.07) is 6.66. The lowest BCUT2D eigenvalue weighted by atomic mass is 10.2. The van der Waals surface area contributed by atoms with Gasteiger partial charge in [0.05, 0.1) is 17.7 Å². The van der Waals surface area contributed by atoms with Crippen molar-refractivity contribution >= 4 is 0 Å². The van der Waals surface area contributed by atoms with Crippen LogP contribution in [-0.2, 0) is 6.54 Å². The van der Waals surface area contributed by atoms with Crippen LogP contribution in [0.25, 0.3) is 0 Å². The van der Waals surface area contributed by atoms with Gasteiger partial charge in [-0.25, -0.2) is 4.98 Å². The molecule has 0 fully saturated rings. The van der Waals surface area contributed by atoms with Crippen molar-refractivity contribution in [1.82, 2.24) is 19.9 Å². The van der Waals surface area contributed by atoms with Crippen LogP contribution in [0, 0.1) is 0 Å². The summed E-state index contributed by atoms with van der Waals surface area (Å²) in [5.74, 6) is 0. The smallest absolute Gasteiger partial charge is 0.0951 e. The lowest BCUT2D eigenvalue weighted by Crippen LogP contribution is -2.21. The maximum absolute atomic E-state index is 4.35. The first-order chi connectivity index (χ1) is 8.68. The topological polar surface area (TPSA) is 42.7 Å². The van der Waals surface area contributed by atoms with E-state index in [9.17, 15) is 0 Å². The van der Waals surface area contributed by atoms with Gasteiger partial charge in [-0.1, -0.05) is 6.07 Å². The van der Waals surface area contributed by atoms with E-state index in [-0.39, 0.29) is 6.04 Å². The molecule has 18 heavy (non-hydrogen) atoms. The molecular formula is C14H20N4. The Morgan fingerprint density at radius 3 is 2.78 bits per heavy atom. The standard InChI is InChI=1S/C14H20N4/c1-11(2)18-10-15-8-13(18)9-17-12(3)14-6-4-5-7-16-14/h4-8,10-12,17H,9H2,1-3H3. The molecule has 0 radical (unpaired) electrons. The monoisotopic (exact) mass is 244 g/mol. The first-order valence-corrected chi connectivity index (χ1v) is 6.33. The maximum atomic E-state index is 4.35. The summed E-state index contributed by atoms with van der Waals surface area (Å²) in [6.07, 6.45) is 5.62. The lowest BCUT2D eigenvalue weighted by molar-refractivity contribution is 0.512. The molecule has 0 bridgehead atoms. The number of pyridine rings is 1. The number of nitrogens with one attached hydrogen (secondary N) is 1. The SMILES string of the molecule is CC(NCc1cncn1C(C)C)c1ccccn1. The van der Waals surface area contributed by atoms with Gasteiger partial charge in [-0.3, -0.25) is 4.98 Å². The van der Waals surface area contributed by atoms with Crippen molar-refractivity contribution in [1.29, 1.82) is 0 Å². The molecule has 2 rings (SSSR count). The lowest BCUT2D eigenvalue weighted by Gasteiger charge is -2.16. The Kier molecular flexibility index (Phi) is 4.10. The molecule has 1 atom stereocenters. The van der Waals surface area contributed by atoms with Crippen LogP contribution in [0.15, 0.2) is 36.9 Å². The molecule has 0 aliphatic heterocycles. The highest BCUT2D eigenvalue weighted by Crippen LogP contribution is 2.12. The molecule has 4 heteroatoms. The van der Waals surface area contributed by atoms with Crippen molar-refractivity contribution in [3.05, 3.63) is 48.3 Å². The Morgan fingerprint density at radius 1 is 1.28 bits per heavy atom. The Hall–Kier alpha value is -1.68. The third kappa shape index (κ3) is 2.96. The minimum absolute atomic E-state index is 0.238. The molecule has 0 amide bonds. The van der Waals surface area contributed by atoms with Gasteiger partial charge in [0.1, 0.15) is 0 Å². The molecule has 0 spiro atoms. The molecule has 0 saturated carbocycles. The molecule has 96 valence electrons. The zero-order valence-corrected chi connectivity index (χ0v) is 11.2. The molecule has 0 aliphatic carbocycles. The molecule has 1 unspecified atom stereocenters. The largest absolute Gasteiger partial charge is 0.331 e. The second-order valence-corrected chi connectivity index (χ2v) is 4.74. The van der Waals surface area contributed by atoms with E-state index in [0.29, 0.717) is 6.04 Å². The van der Waals surface area contributed by atoms with Gasteiger partial charge in [-0.2, -0.15) is 0 Å². The zero-order valence-electron chi connectivity index (χ0n) is 11.2. The first-order valence-electron chi connectivity index (χ1n) is 6.33. The Morgan fingerprint density at radius 2 is 2.11 bits per heavy atom. The Bertz CT molecular complexity index is 476. The number of hydrogen-bond acceptors (Lipinski definition) is 3. The molecule has 2 aromatic rings. The van der Waals surface area contributed by atoms with Crippen molar-refractivity contribution in [2.45, 2.75) is 39.4 Å². The summed E-state index contributed by atoms with van der Waals surface area (Å²) in [5, 5.41) is 3.47. The number of nitrogens with zero attached hydrogens (tertiary/aromatic N) is 3. The fraction of sp³-hybridized carbons (Fsp3) is 0.429. The fourth-order valence-corrected chi connectivity index (χ4v) is 1.93. The van der Waals surface area contributed by atoms with Crippen molar-refractivity contribution in [3.8, 4) is 0 Å². The summed E-state index contributed by atoms with van der Waals surface area (Å²) >= 11 is 0. The first kappa shape index (κ1) is 12.8. The van der Waals surface area contributed by atoms with Gasteiger partial charge in [-0.15, -0.1) is 0 Å². The van der Waals surface area contributed by atoms with Gasteiger partial charge < -0.3 is 9.88 Å². The molecule has 2 heterocycles. The highest BCUT2D eigenvalue weighted by atomic mass is 15.1. The normalized spacial score (nSPS) is 12.9. The van der Waals surface area contributed by atoms with E-state index in [0.717, 1.165) is 12.2 Å². The number of hydrogen-bond donors (Lipinski definition) is 1. The molecule has 2 aromatic heterocycles. The third-order valence-corrected chi connectivity index (χ3v) is 3.02. The van der Waals surface area contributed by atoms with Crippen molar-refractivity contribution in [2.24, 2.45) is 0 Å². The average molecular weight is 244 g/mol. The predicted octanol–water partition coefficient (Wildman–Crippen LogP) is 2.71. The van der Waals surface area contributed by atoms with Crippen LogP contribution >= 0.6 is 0 Å². The summed E-state index contributed by atoms with van der Waals surface area (Å²) < 4.78 is 2.18. The van der Waals surface area contributed by atoms with Crippen molar-refractivity contribution in [2.75, 3.05) is 0 Å². The van der Waals surface area contributed by atoms with E-state index in [1.807, 2.05) is 36.9 Å². The van der Waals surface area contributed by atoms with Gasteiger partial charge >= 0.3 is 0 Å². The average Bonchev–Trinajstić information content (AvgIpc) is 2.85. The highest BCUT2D eigenvalue weighted by Gasteiger charge is 2.09. The van der Waals surface area contributed by atoms with Crippen LogP contribution in [0.1, 0.15) is 44.2 Å². The third-order valence-electron chi connectivity index (χ3n) is 3.02. The minimum Gasteiger partial charge on any atom is -0.331 e. The molecule has 0 aromatic carbocycles. The van der Waals surface area contributed by atoms with Gasteiger partial charge in [0.2, 0.25) is 0 Å². The van der Waals surface area contributed by atoms with E-state index in [1.54, 1.807) is 0 Å². The molecule has 1 N–H and O–H groups in total. The van der Waals surface area contributed by atoms with Gasteiger partial charge in [0, 0.05) is 31.0 Å². The zero-order chi connectivity index (χ0) is 13.0. The predicted molar refractivity (Wildman–Crippen MR) is 72.1 cm³/mol. The van der Waals surface area contributed by atoms with Crippen LogP contribution in [0.4, 0.5) is 0 Å². The Balaban J connectivity index is 1.97. The summed E-state index contributed by atoms with van der Waals surface area (Å²) in [4.78, 5) is 8.55. The van der Waals surface area contributed by atoms with Crippen LogP contribution < -0.4 is 5.32 Å². The van der Waals surface area contributed by atoms with E-state index < -0.39 is 0 Å². The van der Waals surface area contributed by atoms with Crippen molar-refractivity contribution in [3.63, 3.8) is 0 Å². The van der Waals surface area contributed by atoms with Crippen LogP contribution in [0.5, 0.6) is 0 Å². The molecule has 0 saturated heterocycles. The summed E-state index contributed by atoms with van der Waals surface area (Å²) in [7, 11) is 0. The molecule has 0 aliphatic rings. The Labute approximate surface area is 108 Å². The maximum Gasteiger partial charge on any atom is 0.0951 e. The van der Waals surface area contributed by atoms with Crippen LogP contribution in [0.2, 0.25) is 0 Å². The summed E-state index contributed by atoms with van der Waals surface area (Å²) in [6.45, 7) is 7.25. The van der Waals surface area contributed by atoms with E-state index in [4.69, 9.17) is 0 Å².